The first-order chi connectivity index (χ1) is 13.3. The lowest BCUT2D eigenvalue weighted by Gasteiger charge is -2.10. The van der Waals surface area contributed by atoms with Gasteiger partial charge in [0.05, 0.1) is 10.0 Å². The molecule has 6 nitrogen and oxygen atoms in total. The number of carboxylic acid groups (broad SMARTS) is 1. The zero-order valence-corrected chi connectivity index (χ0v) is 17.7. The molecule has 2 heterocycles. The predicted molar refractivity (Wildman–Crippen MR) is 110 cm³/mol. The van der Waals surface area contributed by atoms with Gasteiger partial charge >= 0.3 is 5.97 Å². The van der Waals surface area contributed by atoms with Gasteiger partial charge in [-0.2, -0.15) is 0 Å². The number of hydrogen-bond donors (Lipinski definition) is 1. The molecule has 0 fully saturated rings. The molecule has 0 aliphatic heterocycles. The first kappa shape index (κ1) is 20.5. The Labute approximate surface area is 176 Å². The lowest BCUT2D eigenvalue weighted by molar-refractivity contribution is -0.131. The van der Waals surface area contributed by atoms with E-state index in [2.05, 4.69) is 10.2 Å². The van der Waals surface area contributed by atoms with E-state index in [-0.39, 0.29) is 10.1 Å². The molecule has 0 aliphatic rings. The topological polar surface area (TPSA) is 81.2 Å². The molecule has 2 aromatic heterocycles. The second kappa shape index (κ2) is 8.43. The standard InChI is InChI=1S/C19H17Cl2N3O3S/c1-4-17-22-23-19(27-17)28-16(18(25)26)8-12-7-10(2)24(11(12)3)13-5-6-14(20)15(21)9-13/h5-9H,4H2,1-3H3,(H,25,26)/b16-8-. The van der Waals surface area contributed by atoms with Crippen LogP contribution in [0, 0.1) is 13.8 Å². The minimum absolute atomic E-state index is 0.0840. The van der Waals surface area contributed by atoms with Crippen molar-refractivity contribution in [3.8, 4) is 5.69 Å². The molecule has 0 atom stereocenters. The normalized spacial score (nSPS) is 11.8. The van der Waals surface area contributed by atoms with Crippen LogP contribution in [0.5, 0.6) is 0 Å². The Bertz CT molecular complexity index is 1070. The Morgan fingerprint density at radius 3 is 2.61 bits per heavy atom. The van der Waals surface area contributed by atoms with Crippen LogP contribution in [0.3, 0.4) is 0 Å². The van der Waals surface area contributed by atoms with Gasteiger partial charge in [-0.3, -0.25) is 0 Å². The SMILES string of the molecule is CCc1nnc(S/C(=C\c2cc(C)n(-c3ccc(Cl)c(Cl)c3)c2C)C(=O)O)o1. The van der Waals surface area contributed by atoms with Crippen LogP contribution in [0.25, 0.3) is 11.8 Å². The molecule has 3 aromatic rings. The van der Waals surface area contributed by atoms with Crippen molar-refractivity contribution < 1.29 is 14.3 Å². The average molecular weight is 438 g/mol. The van der Waals surface area contributed by atoms with Crippen LogP contribution in [-0.4, -0.2) is 25.8 Å². The van der Waals surface area contributed by atoms with E-state index in [1.807, 2.05) is 37.5 Å². The minimum Gasteiger partial charge on any atom is -0.477 e. The lowest BCUT2D eigenvalue weighted by Crippen LogP contribution is -2.00. The Hall–Kier alpha value is -2.22. The summed E-state index contributed by atoms with van der Waals surface area (Å²) in [4.78, 5) is 11.8. The number of thioether (sulfide) groups is 1. The van der Waals surface area contributed by atoms with Gasteiger partial charge in [0.15, 0.2) is 0 Å². The van der Waals surface area contributed by atoms with Gasteiger partial charge < -0.3 is 14.1 Å². The van der Waals surface area contributed by atoms with Crippen molar-refractivity contribution in [2.75, 3.05) is 0 Å². The summed E-state index contributed by atoms with van der Waals surface area (Å²) in [7, 11) is 0. The molecular weight excluding hydrogens is 421 g/mol. The third kappa shape index (κ3) is 4.27. The number of benzene rings is 1. The molecule has 0 radical (unpaired) electrons. The molecule has 1 N–H and O–H groups in total. The van der Waals surface area contributed by atoms with Gasteiger partial charge in [-0.15, -0.1) is 10.2 Å². The highest BCUT2D eigenvalue weighted by Crippen LogP contribution is 2.31. The van der Waals surface area contributed by atoms with E-state index in [0.717, 1.165) is 34.4 Å². The Morgan fingerprint density at radius 2 is 2.00 bits per heavy atom. The van der Waals surface area contributed by atoms with E-state index in [4.69, 9.17) is 27.6 Å². The van der Waals surface area contributed by atoms with E-state index < -0.39 is 5.97 Å². The van der Waals surface area contributed by atoms with Crippen molar-refractivity contribution in [3.63, 3.8) is 0 Å². The summed E-state index contributed by atoms with van der Waals surface area (Å²) in [6.45, 7) is 5.73. The second-order valence-corrected chi connectivity index (χ2v) is 7.80. The fraction of sp³-hybridized carbons (Fsp3) is 0.211. The molecule has 146 valence electrons. The number of hydrogen-bond acceptors (Lipinski definition) is 5. The molecule has 0 amide bonds. The first-order valence-corrected chi connectivity index (χ1v) is 9.97. The maximum absolute atomic E-state index is 11.7. The second-order valence-electron chi connectivity index (χ2n) is 5.99. The molecule has 1 aromatic carbocycles. The van der Waals surface area contributed by atoms with Gasteiger partial charge in [-0.1, -0.05) is 30.1 Å². The van der Waals surface area contributed by atoms with Gasteiger partial charge in [0.2, 0.25) is 5.89 Å². The Balaban J connectivity index is 1.99. The van der Waals surface area contributed by atoms with Crippen molar-refractivity contribution >= 4 is 47.0 Å². The zero-order chi connectivity index (χ0) is 20.4. The maximum Gasteiger partial charge on any atom is 0.342 e. The van der Waals surface area contributed by atoms with E-state index in [9.17, 15) is 9.90 Å². The van der Waals surface area contributed by atoms with Crippen LogP contribution < -0.4 is 0 Å². The van der Waals surface area contributed by atoms with E-state index >= 15 is 0 Å². The molecule has 0 saturated carbocycles. The number of aryl methyl sites for hydroxylation is 2. The number of carbonyl (C=O) groups is 1. The van der Waals surface area contributed by atoms with Gasteiger partial charge in [-0.05, 0) is 61.5 Å². The van der Waals surface area contributed by atoms with Gasteiger partial charge in [0.1, 0.15) is 4.91 Å². The number of rotatable bonds is 6. The summed E-state index contributed by atoms with van der Waals surface area (Å²) < 4.78 is 7.39. The van der Waals surface area contributed by atoms with Crippen molar-refractivity contribution in [1.29, 1.82) is 0 Å². The summed E-state index contributed by atoms with van der Waals surface area (Å²) in [5, 5.41) is 18.5. The summed E-state index contributed by atoms with van der Waals surface area (Å²) in [5.41, 5.74) is 3.42. The van der Waals surface area contributed by atoms with Crippen molar-refractivity contribution in [2.45, 2.75) is 32.4 Å². The molecule has 0 saturated heterocycles. The van der Waals surface area contributed by atoms with Crippen LogP contribution in [0.4, 0.5) is 0 Å². The largest absolute Gasteiger partial charge is 0.477 e. The third-order valence-corrected chi connectivity index (χ3v) is 5.67. The molecule has 28 heavy (non-hydrogen) atoms. The summed E-state index contributed by atoms with van der Waals surface area (Å²) >= 11 is 13.1. The van der Waals surface area contributed by atoms with Crippen LogP contribution in [0.1, 0.15) is 29.8 Å². The highest BCUT2D eigenvalue weighted by atomic mass is 35.5. The van der Waals surface area contributed by atoms with Gasteiger partial charge in [-0.25, -0.2) is 4.79 Å². The fourth-order valence-corrected chi connectivity index (χ4v) is 3.72. The number of aromatic nitrogens is 3. The van der Waals surface area contributed by atoms with Crippen LogP contribution in [0.15, 0.2) is 38.8 Å². The lowest BCUT2D eigenvalue weighted by atomic mass is 10.2. The van der Waals surface area contributed by atoms with Crippen LogP contribution in [0.2, 0.25) is 10.0 Å². The van der Waals surface area contributed by atoms with E-state index in [1.54, 1.807) is 18.2 Å². The third-order valence-electron chi connectivity index (χ3n) is 4.08. The molecular formula is C19H17Cl2N3O3S. The molecule has 9 heteroatoms. The quantitative estimate of drug-likeness (QED) is 0.401. The predicted octanol–water partition coefficient (Wildman–Crippen LogP) is 5.56. The zero-order valence-electron chi connectivity index (χ0n) is 15.4. The van der Waals surface area contributed by atoms with Crippen LogP contribution >= 0.6 is 35.0 Å². The highest BCUT2D eigenvalue weighted by Gasteiger charge is 2.17. The van der Waals surface area contributed by atoms with Crippen molar-refractivity contribution in [1.82, 2.24) is 14.8 Å². The summed E-state index contributed by atoms with van der Waals surface area (Å²) in [5.74, 6) is -0.606. The Morgan fingerprint density at radius 1 is 1.25 bits per heavy atom. The fourth-order valence-electron chi connectivity index (χ4n) is 2.75. The van der Waals surface area contributed by atoms with Crippen LogP contribution in [-0.2, 0) is 11.2 Å². The molecule has 3 rings (SSSR count). The Kier molecular flexibility index (Phi) is 6.17. The molecule has 0 spiro atoms. The van der Waals surface area contributed by atoms with Gasteiger partial charge in [0, 0.05) is 23.5 Å². The molecule has 0 aliphatic carbocycles. The highest BCUT2D eigenvalue weighted by molar-refractivity contribution is 8.03. The molecule has 0 unspecified atom stereocenters. The van der Waals surface area contributed by atoms with E-state index in [1.165, 1.54) is 0 Å². The monoisotopic (exact) mass is 437 g/mol. The number of nitrogens with zero attached hydrogens (tertiary/aromatic N) is 3. The van der Waals surface area contributed by atoms with Crippen molar-refractivity contribution in [3.05, 3.63) is 62.1 Å². The summed E-state index contributed by atoms with van der Waals surface area (Å²) in [6.07, 6.45) is 2.18. The van der Waals surface area contributed by atoms with E-state index in [0.29, 0.717) is 22.4 Å². The maximum atomic E-state index is 11.7. The minimum atomic E-state index is -1.07. The number of aliphatic carboxylic acids is 1. The molecule has 0 bridgehead atoms. The number of halogens is 2. The number of carboxylic acids is 1. The van der Waals surface area contributed by atoms with Gasteiger partial charge in [0.25, 0.3) is 5.22 Å². The summed E-state index contributed by atoms with van der Waals surface area (Å²) in [6, 6.07) is 7.27. The first-order valence-electron chi connectivity index (χ1n) is 8.39. The smallest absolute Gasteiger partial charge is 0.342 e. The van der Waals surface area contributed by atoms with Crippen molar-refractivity contribution in [2.24, 2.45) is 0 Å². The average Bonchev–Trinajstić information content (AvgIpc) is 3.21.